The molecule has 0 saturated carbocycles. The maximum absolute atomic E-state index is 11.8. The molecule has 0 bridgehead atoms. The normalized spacial score (nSPS) is 11.9. The Morgan fingerprint density at radius 3 is 2.47 bits per heavy atom. The topological polar surface area (TPSA) is 62.5 Å². The number of methoxy groups -OCH3 is 2. The summed E-state index contributed by atoms with van der Waals surface area (Å²) >= 11 is 0. The molecule has 0 unspecified atom stereocenters. The van der Waals surface area contributed by atoms with Crippen molar-refractivity contribution in [1.82, 2.24) is 0 Å². The van der Waals surface area contributed by atoms with Crippen molar-refractivity contribution >= 4 is 22.6 Å². The van der Waals surface area contributed by atoms with Gasteiger partial charge < -0.3 is 14.6 Å². The van der Waals surface area contributed by atoms with E-state index in [-0.39, 0.29) is 5.70 Å². The number of benzene rings is 1. The third kappa shape index (κ3) is 2.35. The molecular formula is C14H13NO4. The first-order valence-corrected chi connectivity index (χ1v) is 5.62. The lowest BCUT2D eigenvalue weighted by molar-refractivity contribution is -0.558. The van der Waals surface area contributed by atoms with Crippen LogP contribution in [-0.4, -0.2) is 20.2 Å². The quantitative estimate of drug-likeness (QED) is 0.347. The van der Waals surface area contributed by atoms with Gasteiger partial charge in [-0.25, -0.2) is 4.79 Å². The molecule has 0 spiro atoms. The minimum Gasteiger partial charge on any atom is -0.612 e. The van der Waals surface area contributed by atoms with E-state index in [4.69, 9.17) is 0 Å². The Labute approximate surface area is 110 Å². The second-order valence-corrected chi connectivity index (χ2v) is 3.77. The van der Waals surface area contributed by atoms with E-state index in [2.05, 4.69) is 9.47 Å². The lowest BCUT2D eigenvalue weighted by atomic mass is 10.2. The van der Waals surface area contributed by atoms with Gasteiger partial charge in [0, 0.05) is 17.5 Å². The van der Waals surface area contributed by atoms with Crippen molar-refractivity contribution in [2.45, 2.75) is 0 Å². The summed E-state index contributed by atoms with van der Waals surface area (Å²) < 4.78 is 10.7. The molecule has 0 saturated heterocycles. The number of hydrogen-bond donors (Lipinski definition) is 0. The average molecular weight is 259 g/mol. The summed E-state index contributed by atoms with van der Waals surface area (Å²) in [6.07, 6.45) is 1.62. The van der Waals surface area contributed by atoms with Crippen LogP contribution in [0.5, 0.6) is 0 Å². The molecule has 0 aliphatic rings. The minimum absolute atomic E-state index is 0.179. The van der Waals surface area contributed by atoms with Gasteiger partial charge in [0.1, 0.15) is 5.95 Å². The maximum Gasteiger partial charge on any atom is 0.405 e. The van der Waals surface area contributed by atoms with E-state index < -0.39 is 11.9 Å². The van der Waals surface area contributed by atoms with E-state index in [1.807, 2.05) is 24.3 Å². The second-order valence-electron chi connectivity index (χ2n) is 3.77. The first kappa shape index (κ1) is 12.9. The number of carbonyl (C=O) groups is 1. The monoisotopic (exact) mass is 259 g/mol. The number of aromatic nitrogens is 1. The first-order valence-electron chi connectivity index (χ1n) is 5.62. The van der Waals surface area contributed by atoms with Crippen molar-refractivity contribution in [3.63, 3.8) is 0 Å². The number of pyridine rings is 1. The fourth-order valence-electron chi connectivity index (χ4n) is 1.83. The Morgan fingerprint density at radius 2 is 1.79 bits per heavy atom. The van der Waals surface area contributed by atoms with Gasteiger partial charge in [0.05, 0.1) is 7.11 Å². The summed E-state index contributed by atoms with van der Waals surface area (Å²) in [7, 11) is 2.44. The van der Waals surface area contributed by atoms with Gasteiger partial charge in [0.15, 0.2) is 6.20 Å². The van der Waals surface area contributed by atoms with Crippen molar-refractivity contribution in [2.75, 3.05) is 14.2 Å². The maximum atomic E-state index is 11.8. The molecule has 1 heterocycles. The van der Waals surface area contributed by atoms with Crippen LogP contribution < -0.4 is 9.67 Å². The molecular weight excluding hydrogens is 246 g/mol. The summed E-state index contributed by atoms with van der Waals surface area (Å²) in [5.41, 5.74) is 0.539. The number of hydrogen-bond acceptors (Lipinski definition) is 4. The van der Waals surface area contributed by atoms with Gasteiger partial charge in [0.2, 0.25) is 5.52 Å². The van der Waals surface area contributed by atoms with Crippen molar-refractivity contribution in [2.24, 2.45) is 0 Å². The SMILES string of the molecule is COC(=O)C(=C([O-])OC)[n+]1cccc2ccccc21. The highest BCUT2D eigenvalue weighted by Crippen LogP contribution is 2.12. The van der Waals surface area contributed by atoms with Crippen molar-refractivity contribution in [3.8, 4) is 0 Å². The second kappa shape index (κ2) is 5.39. The predicted molar refractivity (Wildman–Crippen MR) is 66.4 cm³/mol. The molecule has 5 heteroatoms. The number of rotatable bonds is 3. The number of esters is 1. The van der Waals surface area contributed by atoms with Crippen LogP contribution in [0.3, 0.4) is 0 Å². The van der Waals surface area contributed by atoms with Crippen molar-refractivity contribution < 1.29 is 23.9 Å². The Morgan fingerprint density at radius 1 is 1.11 bits per heavy atom. The van der Waals surface area contributed by atoms with E-state index in [0.717, 1.165) is 10.9 Å². The lowest BCUT2D eigenvalue weighted by Crippen LogP contribution is -2.40. The molecule has 0 fully saturated rings. The number of para-hydroxylation sites is 1. The summed E-state index contributed by atoms with van der Waals surface area (Å²) in [5.74, 6) is -1.48. The zero-order valence-corrected chi connectivity index (χ0v) is 10.6. The average Bonchev–Trinajstić information content (AvgIpc) is 2.47. The summed E-state index contributed by atoms with van der Waals surface area (Å²) in [6.45, 7) is 0. The minimum atomic E-state index is -0.742. The molecule has 0 N–H and O–H groups in total. The molecule has 0 amide bonds. The smallest absolute Gasteiger partial charge is 0.405 e. The summed E-state index contributed by atoms with van der Waals surface area (Å²) in [5, 5.41) is 12.7. The van der Waals surface area contributed by atoms with E-state index in [0.29, 0.717) is 0 Å². The molecule has 1 aromatic carbocycles. The number of fused-ring (bicyclic) bond motifs is 1. The number of carbonyl (C=O) groups excluding carboxylic acids is 1. The molecule has 1 aromatic heterocycles. The van der Waals surface area contributed by atoms with Crippen molar-refractivity contribution in [3.05, 3.63) is 48.5 Å². The zero-order chi connectivity index (χ0) is 13.8. The molecule has 0 aliphatic heterocycles. The molecule has 19 heavy (non-hydrogen) atoms. The molecule has 5 nitrogen and oxygen atoms in total. The molecule has 0 atom stereocenters. The highest BCUT2D eigenvalue weighted by molar-refractivity contribution is 6.06. The molecule has 2 rings (SSSR count). The van der Waals surface area contributed by atoms with Crippen LogP contribution in [0.2, 0.25) is 0 Å². The molecule has 0 radical (unpaired) electrons. The Hall–Kier alpha value is -2.56. The fourth-order valence-corrected chi connectivity index (χ4v) is 1.83. The zero-order valence-electron chi connectivity index (χ0n) is 10.6. The van der Waals surface area contributed by atoms with Crippen LogP contribution in [0.15, 0.2) is 48.5 Å². The molecule has 2 aromatic rings. The number of ether oxygens (including phenoxy) is 2. The van der Waals surface area contributed by atoms with Gasteiger partial charge in [-0.1, -0.05) is 12.1 Å². The highest BCUT2D eigenvalue weighted by Gasteiger charge is 2.25. The predicted octanol–water partition coefficient (Wildman–Crippen LogP) is 0.433. The largest absolute Gasteiger partial charge is 0.612 e. The summed E-state index contributed by atoms with van der Waals surface area (Å²) in [6, 6.07) is 11.0. The van der Waals surface area contributed by atoms with E-state index in [9.17, 15) is 9.90 Å². The Bertz CT molecular complexity index is 643. The van der Waals surface area contributed by atoms with Gasteiger partial charge in [-0.3, -0.25) is 0 Å². The molecule has 0 aliphatic carbocycles. The van der Waals surface area contributed by atoms with Crippen LogP contribution in [-0.2, 0) is 14.3 Å². The van der Waals surface area contributed by atoms with Gasteiger partial charge in [-0.05, 0) is 19.2 Å². The van der Waals surface area contributed by atoms with Gasteiger partial charge in [-0.15, -0.1) is 0 Å². The van der Waals surface area contributed by atoms with Crippen LogP contribution in [0.25, 0.3) is 16.6 Å². The molecule has 98 valence electrons. The Kier molecular flexibility index (Phi) is 3.66. The van der Waals surface area contributed by atoms with Crippen LogP contribution in [0.1, 0.15) is 0 Å². The standard InChI is InChI=1S/C14H13NO4/c1-18-13(16)12(14(17)19-2)15-9-5-7-10-6-3-4-8-11(10)15/h3-9H,1-2H3. The van der Waals surface area contributed by atoms with Crippen LogP contribution in [0, 0.1) is 0 Å². The first-order chi connectivity index (χ1) is 9.19. The third-order valence-corrected chi connectivity index (χ3v) is 2.71. The lowest BCUT2D eigenvalue weighted by Gasteiger charge is -2.11. The fraction of sp³-hybridized carbons (Fsp3) is 0.143. The van der Waals surface area contributed by atoms with Crippen molar-refractivity contribution in [1.29, 1.82) is 0 Å². The summed E-state index contributed by atoms with van der Waals surface area (Å²) in [4.78, 5) is 11.8. The van der Waals surface area contributed by atoms with Gasteiger partial charge in [-0.2, -0.15) is 4.57 Å². The van der Waals surface area contributed by atoms with E-state index in [1.54, 1.807) is 18.3 Å². The van der Waals surface area contributed by atoms with Gasteiger partial charge in [0.25, 0.3) is 0 Å². The van der Waals surface area contributed by atoms with E-state index in [1.165, 1.54) is 18.8 Å². The number of nitrogens with zero attached hydrogens (tertiary/aromatic N) is 1. The van der Waals surface area contributed by atoms with Gasteiger partial charge >= 0.3 is 11.7 Å². The Balaban J connectivity index is 2.74. The van der Waals surface area contributed by atoms with Crippen LogP contribution >= 0.6 is 0 Å². The van der Waals surface area contributed by atoms with Crippen LogP contribution in [0.4, 0.5) is 0 Å². The third-order valence-electron chi connectivity index (χ3n) is 2.71. The highest BCUT2D eigenvalue weighted by atomic mass is 16.6. The van der Waals surface area contributed by atoms with E-state index >= 15 is 0 Å².